The molecule has 1 aromatic heterocycles. The fourth-order valence-corrected chi connectivity index (χ4v) is 4.32. The highest BCUT2D eigenvalue weighted by molar-refractivity contribution is 7.71. The Morgan fingerprint density at radius 3 is 2.96 bits per heavy atom. The number of oxazole rings is 1. The van der Waals surface area contributed by atoms with Gasteiger partial charge in [-0.05, 0) is 56.1 Å². The summed E-state index contributed by atoms with van der Waals surface area (Å²) in [4.78, 5) is 30.4. The molecule has 126 valence electrons. The molecular formula is C18H20N2O3S. The van der Waals surface area contributed by atoms with Crippen molar-refractivity contribution in [2.75, 3.05) is 6.54 Å². The van der Waals surface area contributed by atoms with Crippen molar-refractivity contribution in [1.29, 1.82) is 0 Å². The number of nitrogens with zero attached hydrogens (tertiary/aromatic N) is 1. The number of fused-ring (bicyclic) bond motifs is 1. The summed E-state index contributed by atoms with van der Waals surface area (Å²) >= 11 is 4.99. The van der Waals surface area contributed by atoms with Crippen LogP contribution < -0.4 is 0 Å². The van der Waals surface area contributed by atoms with E-state index >= 15 is 0 Å². The molecule has 2 aliphatic rings. The molecule has 0 radical (unpaired) electrons. The van der Waals surface area contributed by atoms with Crippen LogP contribution in [0.3, 0.4) is 0 Å². The van der Waals surface area contributed by atoms with Crippen molar-refractivity contribution >= 4 is 35.0 Å². The fourth-order valence-electron chi connectivity index (χ4n) is 4.12. The van der Waals surface area contributed by atoms with Crippen molar-refractivity contribution in [1.82, 2.24) is 9.88 Å². The van der Waals surface area contributed by atoms with Crippen LogP contribution in [0.15, 0.2) is 22.6 Å². The summed E-state index contributed by atoms with van der Waals surface area (Å²) in [6.45, 7) is 0.724. The lowest BCUT2D eigenvalue weighted by atomic mass is 9.81. The summed E-state index contributed by atoms with van der Waals surface area (Å²) in [6, 6.07) is 5.41. The maximum atomic E-state index is 13.0. The van der Waals surface area contributed by atoms with Gasteiger partial charge in [0.25, 0.3) is 10.7 Å². The highest BCUT2D eigenvalue weighted by Crippen LogP contribution is 2.33. The van der Waals surface area contributed by atoms with Gasteiger partial charge in [0.1, 0.15) is 5.78 Å². The molecule has 0 spiro atoms. The number of aromatic nitrogens is 1. The third-order valence-corrected chi connectivity index (χ3v) is 5.48. The van der Waals surface area contributed by atoms with Gasteiger partial charge in [-0.3, -0.25) is 9.59 Å². The van der Waals surface area contributed by atoms with Gasteiger partial charge in [-0.25, -0.2) is 0 Å². The van der Waals surface area contributed by atoms with E-state index in [9.17, 15) is 9.59 Å². The average molecular weight is 344 g/mol. The predicted molar refractivity (Wildman–Crippen MR) is 92.4 cm³/mol. The van der Waals surface area contributed by atoms with Crippen LogP contribution in [-0.2, 0) is 4.79 Å². The van der Waals surface area contributed by atoms with Gasteiger partial charge >= 0.3 is 0 Å². The highest BCUT2D eigenvalue weighted by Gasteiger charge is 2.39. The van der Waals surface area contributed by atoms with Crippen LogP contribution in [0.2, 0.25) is 0 Å². The first-order valence-electron chi connectivity index (χ1n) is 8.60. The summed E-state index contributed by atoms with van der Waals surface area (Å²) < 4.78 is 5.42. The number of hydrogen-bond acceptors (Lipinski definition) is 4. The summed E-state index contributed by atoms with van der Waals surface area (Å²) in [6.07, 6.45) is 5.55. The molecule has 1 aromatic carbocycles. The number of Topliss-reactive ketones (excluding diaryl/α,β-unsaturated/α-hetero) is 1. The second kappa shape index (κ2) is 6.16. The first-order chi connectivity index (χ1) is 11.6. The molecule has 1 saturated heterocycles. The van der Waals surface area contributed by atoms with Crippen molar-refractivity contribution < 1.29 is 14.0 Å². The van der Waals surface area contributed by atoms with Crippen molar-refractivity contribution in [2.45, 2.75) is 44.6 Å². The van der Waals surface area contributed by atoms with Crippen LogP contribution in [0.1, 0.15) is 48.9 Å². The zero-order valence-corrected chi connectivity index (χ0v) is 14.2. The van der Waals surface area contributed by atoms with Crippen LogP contribution in [0.5, 0.6) is 0 Å². The van der Waals surface area contributed by atoms with E-state index in [1.54, 1.807) is 12.1 Å². The molecule has 2 atom stereocenters. The zero-order chi connectivity index (χ0) is 16.7. The number of benzene rings is 1. The Labute approximate surface area is 145 Å². The van der Waals surface area contributed by atoms with Gasteiger partial charge in [-0.2, -0.15) is 0 Å². The Balaban J connectivity index is 1.61. The molecule has 1 aliphatic heterocycles. The van der Waals surface area contributed by atoms with Crippen molar-refractivity contribution in [2.24, 2.45) is 5.92 Å². The van der Waals surface area contributed by atoms with E-state index in [-0.39, 0.29) is 17.9 Å². The first kappa shape index (κ1) is 15.6. The van der Waals surface area contributed by atoms with Gasteiger partial charge in [0.05, 0.1) is 5.52 Å². The number of hydrogen-bond donors (Lipinski definition) is 1. The maximum Gasteiger partial charge on any atom is 0.266 e. The smallest absolute Gasteiger partial charge is 0.266 e. The standard InChI is InChI=1S/C18H20N2O3S/c21-15-6-2-1-4-12(15)14-5-3-9-20(14)17(22)11-7-8-13-16(10-11)23-18(24)19-13/h7-8,10,12,14H,1-6,9H2,(H,19,24)/t12-,14+/m1/s1. The molecule has 1 aliphatic carbocycles. The van der Waals surface area contributed by atoms with E-state index in [4.69, 9.17) is 16.6 Å². The van der Waals surface area contributed by atoms with Gasteiger partial charge in [0.2, 0.25) is 0 Å². The number of ketones is 1. The number of H-pyrrole nitrogens is 1. The molecule has 5 nitrogen and oxygen atoms in total. The molecule has 0 bridgehead atoms. The lowest BCUT2D eigenvalue weighted by Crippen LogP contribution is -2.43. The largest absolute Gasteiger partial charge is 0.429 e. The number of carbonyl (C=O) groups excluding carboxylic acids is 2. The van der Waals surface area contributed by atoms with E-state index in [1.165, 1.54) is 0 Å². The molecule has 2 aromatic rings. The number of nitrogens with one attached hydrogen (secondary N) is 1. The van der Waals surface area contributed by atoms with Crippen molar-refractivity contribution in [3.05, 3.63) is 28.6 Å². The molecule has 2 fully saturated rings. The molecule has 1 saturated carbocycles. The topological polar surface area (TPSA) is 66.3 Å². The molecule has 6 heteroatoms. The average Bonchev–Trinajstić information content (AvgIpc) is 3.19. The number of rotatable bonds is 2. The Bertz CT molecular complexity index is 853. The van der Waals surface area contributed by atoms with E-state index < -0.39 is 0 Å². The molecule has 1 amide bonds. The summed E-state index contributed by atoms with van der Waals surface area (Å²) in [5.41, 5.74) is 1.97. The van der Waals surface area contributed by atoms with Gasteiger partial charge in [0.15, 0.2) is 5.58 Å². The molecule has 4 rings (SSSR count). The van der Waals surface area contributed by atoms with Gasteiger partial charge in [0, 0.05) is 30.5 Å². The second-order valence-corrected chi connectivity index (χ2v) is 7.12. The zero-order valence-electron chi connectivity index (χ0n) is 13.4. The van der Waals surface area contributed by atoms with Crippen molar-refractivity contribution in [3.8, 4) is 0 Å². The van der Waals surface area contributed by atoms with Gasteiger partial charge in [-0.1, -0.05) is 6.42 Å². The van der Waals surface area contributed by atoms with Gasteiger partial charge < -0.3 is 14.3 Å². The molecule has 24 heavy (non-hydrogen) atoms. The summed E-state index contributed by atoms with van der Waals surface area (Å²) in [7, 11) is 0. The van der Waals surface area contributed by atoms with E-state index in [1.807, 2.05) is 11.0 Å². The van der Waals surface area contributed by atoms with E-state index in [0.717, 1.165) is 44.2 Å². The minimum atomic E-state index is -0.0138. The maximum absolute atomic E-state index is 13.0. The van der Waals surface area contributed by atoms with Crippen LogP contribution in [0, 0.1) is 10.8 Å². The summed E-state index contributed by atoms with van der Waals surface area (Å²) in [5.74, 6) is 0.336. The van der Waals surface area contributed by atoms with Crippen LogP contribution in [-0.4, -0.2) is 34.2 Å². The van der Waals surface area contributed by atoms with Crippen LogP contribution in [0.4, 0.5) is 0 Å². The molecule has 1 N–H and O–H groups in total. The second-order valence-electron chi connectivity index (χ2n) is 6.75. The van der Waals surface area contributed by atoms with E-state index in [2.05, 4.69) is 4.98 Å². The molecular weight excluding hydrogens is 324 g/mol. The van der Waals surface area contributed by atoms with Crippen LogP contribution in [0.25, 0.3) is 11.1 Å². The predicted octanol–water partition coefficient (Wildman–Crippen LogP) is 3.85. The highest BCUT2D eigenvalue weighted by atomic mass is 32.1. The minimum absolute atomic E-state index is 0.0138. The molecule has 2 heterocycles. The monoisotopic (exact) mass is 344 g/mol. The Morgan fingerprint density at radius 1 is 1.25 bits per heavy atom. The number of likely N-dealkylation sites (tertiary alicyclic amines) is 1. The SMILES string of the molecule is O=C1CCCC[C@@H]1[C@@H]1CCCN1C(=O)c1ccc2[nH]c(=S)oc2c1. The lowest BCUT2D eigenvalue weighted by Gasteiger charge is -2.33. The summed E-state index contributed by atoms with van der Waals surface area (Å²) in [5, 5.41) is 0. The normalized spacial score (nSPS) is 24.7. The minimum Gasteiger partial charge on any atom is -0.429 e. The lowest BCUT2D eigenvalue weighted by molar-refractivity contribution is -0.126. The quantitative estimate of drug-likeness (QED) is 0.840. The number of carbonyl (C=O) groups is 2. The fraction of sp³-hybridized carbons (Fsp3) is 0.500. The Hall–Kier alpha value is -1.95. The molecule has 0 unspecified atom stereocenters. The van der Waals surface area contributed by atoms with E-state index in [0.29, 0.717) is 28.2 Å². The van der Waals surface area contributed by atoms with Crippen molar-refractivity contribution in [3.63, 3.8) is 0 Å². The first-order valence-corrected chi connectivity index (χ1v) is 9.01. The Kier molecular flexibility index (Phi) is 4.00. The third kappa shape index (κ3) is 2.69. The Morgan fingerprint density at radius 2 is 2.12 bits per heavy atom. The third-order valence-electron chi connectivity index (χ3n) is 5.29. The number of amides is 1. The van der Waals surface area contributed by atoms with Gasteiger partial charge in [-0.15, -0.1) is 0 Å². The van der Waals surface area contributed by atoms with Crippen LogP contribution >= 0.6 is 12.2 Å². The number of aromatic amines is 1.